The highest BCUT2D eigenvalue weighted by atomic mass is 16.5. The SMILES string of the molecule is CCCc1n[nH]c2c1C(=O)[C@@H](C(=O)OC)C(C)(C)C2. The Bertz CT molecular complexity index is 517. The van der Waals surface area contributed by atoms with Gasteiger partial charge in [-0.25, -0.2) is 0 Å². The van der Waals surface area contributed by atoms with Gasteiger partial charge < -0.3 is 4.74 Å². The molecule has 0 aliphatic heterocycles. The van der Waals surface area contributed by atoms with Crippen LogP contribution in [0.5, 0.6) is 0 Å². The minimum atomic E-state index is -0.738. The number of fused-ring (bicyclic) bond motifs is 1. The number of methoxy groups -OCH3 is 1. The summed E-state index contributed by atoms with van der Waals surface area (Å²) in [5.74, 6) is -1.35. The number of aryl methyl sites for hydroxylation is 1. The second kappa shape index (κ2) is 4.79. The van der Waals surface area contributed by atoms with Gasteiger partial charge in [0.1, 0.15) is 5.92 Å². The number of ketones is 1. The van der Waals surface area contributed by atoms with Crippen molar-refractivity contribution in [2.45, 2.75) is 40.0 Å². The summed E-state index contributed by atoms with van der Waals surface area (Å²) in [6.45, 7) is 5.86. The summed E-state index contributed by atoms with van der Waals surface area (Å²) in [4.78, 5) is 24.5. The van der Waals surface area contributed by atoms with Gasteiger partial charge in [0.05, 0.1) is 18.4 Å². The van der Waals surface area contributed by atoms with E-state index in [0.29, 0.717) is 12.0 Å². The Balaban J connectivity index is 2.48. The molecule has 0 amide bonds. The van der Waals surface area contributed by atoms with Crippen LogP contribution in [0.2, 0.25) is 0 Å². The lowest BCUT2D eigenvalue weighted by atomic mass is 9.67. The zero-order chi connectivity index (χ0) is 14.2. The van der Waals surface area contributed by atoms with E-state index in [-0.39, 0.29) is 5.78 Å². The van der Waals surface area contributed by atoms with Crippen molar-refractivity contribution in [3.8, 4) is 0 Å². The number of nitrogens with one attached hydrogen (secondary N) is 1. The molecule has 5 heteroatoms. The number of ether oxygens (including phenoxy) is 1. The average Bonchev–Trinajstić information content (AvgIpc) is 2.71. The third kappa shape index (κ3) is 2.17. The van der Waals surface area contributed by atoms with Gasteiger partial charge in [0.15, 0.2) is 5.78 Å². The van der Waals surface area contributed by atoms with Gasteiger partial charge in [-0.05, 0) is 18.3 Å². The van der Waals surface area contributed by atoms with Gasteiger partial charge >= 0.3 is 5.97 Å². The summed E-state index contributed by atoms with van der Waals surface area (Å²) in [5.41, 5.74) is 1.77. The lowest BCUT2D eigenvalue weighted by molar-refractivity contribution is -0.147. The third-order valence-electron chi connectivity index (χ3n) is 3.76. The number of hydrogen-bond donors (Lipinski definition) is 1. The zero-order valence-corrected chi connectivity index (χ0v) is 11.9. The van der Waals surface area contributed by atoms with Crippen LogP contribution in [0.1, 0.15) is 48.9 Å². The summed E-state index contributed by atoms with van der Waals surface area (Å²) in [7, 11) is 1.32. The highest BCUT2D eigenvalue weighted by molar-refractivity contribution is 6.11. The molecule has 104 valence electrons. The van der Waals surface area contributed by atoms with Crippen molar-refractivity contribution in [1.29, 1.82) is 0 Å². The summed E-state index contributed by atoms with van der Waals surface area (Å²) < 4.78 is 4.80. The molecule has 1 aliphatic rings. The molecule has 1 heterocycles. The van der Waals surface area contributed by atoms with E-state index in [0.717, 1.165) is 24.2 Å². The number of H-pyrrole nitrogens is 1. The van der Waals surface area contributed by atoms with E-state index in [9.17, 15) is 9.59 Å². The number of aromatic nitrogens is 2. The van der Waals surface area contributed by atoms with Crippen LogP contribution in [0.3, 0.4) is 0 Å². The largest absolute Gasteiger partial charge is 0.468 e. The fraction of sp³-hybridized carbons (Fsp3) is 0.643. The second-order valence-corrected chi connectivity index (χ2v) is 5.76. The van der Waals surface area contributed by atoms with Gasteiger partial charge in [-0.3, -0.25) is 14.7 Å². The average molecular weight is 264 g/mol. The number of Topliss-reactive ketones (excluding diaryl/α,β-unsaturated/α-hetero) is 1. The van der Waals surface area contributed by atoms with Gasteiger partial charge in [-0.2, -0.15) is 5.10 Å². The quantitative estimate of drug-likeness (QED) is 0.668. The van der Waals surface area contributed by atoms with Crippen LogP contribution in [0.25, 0.3) is 0 Å². The Morgan fingerprint density at radius 3 is 2.79 bits per heavy atom. The molecule has 0 radical (unpaired) electrons. The van der Waals surface area contributed by atoms with Crippen molar-refractivity contribution < 1.29 is 14.3 Å². The van der Waals surface area contributed by atoms with Crippen LogP contribution in [0, 0.1) is 11.3 Å². The first-order valence-corrected chi connectivity index (χ1v) is 6.60. The van der Waals surface area contributed by atoms with Crippen LogP contribution >= 0.6 is 0 Å². The molecule has 0 saturated carbocycles. The Kier molecular flexibility index (Phi) is 3.47. The minimum Gasteiger partial charge on any atom is -0.468 e. The highest BCUT2D eigenvalue weighted by Gasteiger charge is 2.48. The number of esters is 1. The predicted octanol–water partition coefficient (Wildman–Crippen LogP) is 1.92. The summed E-state index contributed by atoms with van der Waals surface area (Å²) in [6.07, 6.45) is 2.29. The number of aromatic amines is 1. The Labute approximate surface area is 112 Å². The number of hydrogen-bond acceptors (Lipinski definition) is 4. The van der Waals surface area contributed by atoms with Crippen LogP contribution in [0.15, 0.2) is 0 Å². The van der Waals surface area contributed by atoms with Crippen LogP contribution in [-0.2, 0) is 22.4 Å². The topological polar surface area (TPSA) is 72.0 Å². The lowest BCUT2D eigenvalue weighted by Gasteiger charge is -2.35. The van der Waals surface area contributed by atoms with Crippen molar-refractivity contribution in [3.05, 3.63) is 17.0 Å². The highest BCUT2D eigenvalue weighted by Crippen LogP contribution is 2.40. The number of carbonyl (C=O) groups excluding carboxylic acids is 2. The molecule has 2 rings (SSSR count). The van der Waals surface area contributed by atoms with Gasteiger partial charge in [0, 0.05) is 5.69 Å². The summed E-state index contributed by atoms with van der Waals surface area (Å²) in [6, 6.07) is 0. The zero-order valence-electron chi connectivity index (χ0n) is 11.9. The van der Waals surface area contributed by atoms with Crippen molar-refractivity contribution in [2.24, 2.45) is 11.3 Å². The van der Waals surface area contributed by atoms with Gasteiger partial charge in [-0.15, -0.1) is 0 Å². The molecule has 1 aromatic rings. The van der Waals surface area contributed by atoms with Crippen molar-refractivity contribution in [1.82, 2.24) is 10.2 Å². The molecular weight excluding hydrogens is 244 g/mol. The normalized spacial score (nSPS) is 21.1. The van der Waals surface area contributed by atoms with Crippen molar-refractivity contribution >= 4 is 11.8 Å². The Morgan fingerprint density at radius 1 is 1.53 bits per heavy atom. The monoisotopic (exact) mass is 264 g/mol. The Hall–Kier alpha value is -1.65. The maximum atomic E-state index is 12.6. The molecule has 5 nitrogen and oxygen atoms in total. The smallest absolute Gasteiger partial charge is 0.317 e. The molecular formula is C14H20N2O3. The molecule has 1 N–H and O–H groups in total. The van der Waals surface area contributed by atoms with E-state index in [1.165, 1.54) is 7.11 Å². The first-order chi connectivity index (χ1) is 8.92. The van der Waals surface area contributed by atoms with E-state index < -0.39 is 17.3 Å². The molecule has 0 spiro atoms. The maximum Gasteiger partial charge on any atom is 0.317 e. The molecule has 0 aromatic carbocycles. The Morgan fingerprint density at radius 2 is 2.21 bits per heavy atom. The molecule has 1 aliphatic carbocycles. The number of rotatable bonds is 3. The standard InChI is InChI=1S/C14H20N2O3/c1-5-6-8-10-9(16-15-8)7-14(2,3)11(12(10)17)13(18)19-4/h11H,5-7H2,1-4H3,(H,15,16)/t11-/m0/s1. The van der Waals surface area contributed by atoms with Crippen LogP contribution in [-0.4, -0.2) is 29.1 Å². The molecule has 1 atom stereocenters. The van der Waals surface area contributed by atoms with E-state index in [4.69, 9.17) is 4.74 Å². The molecule has 0 bridgehead atoms. The maximum absolute atomic E-state index is 12.6. The van der Waals surface area contributed by atoms with Crippen molar-refractivity contribution in [3.63, 3.8) is 0 Å². The summed E-state index contributed by atoms with van der Waals surface area (Å²) in [5, 5.41) is 7.18. The lowest BCUT2D eigenvalue weighted by Crippen LogP contribution is -2.43. The molecule has 0 fully saturated rings. The predicted molar refractivity (Wildman–Crippen MR) is 69.9 cm³/mol. The molecule has 0 unspecified atom stereocenters. The molecule has 0 saturated heterocycles. The fourth-order valence-electron chi connectivity index (χ4n) is 2.86. The summed E-state index contributed by atoms with van der Waals surface area (Å²) >= 11 is 0. The van der Waals surface area contributed by atoms with Gasteiger partial charge in [0.2, 0.25) is 0 Å². The van der Waals surface area contributed by atoms with Crippen LogP contribution < -0.4 is 0 Å². The number of nitrogens with zero attached hydrogens (tertiary/aromatic N) is 1. The van der Waals surface area contributed by atoms with E-state index >= 15 is 0 Å². The second-order valence-electron chi connectivity index (χ2n) is 5.76. The minimum absolute atomic E-state index is 0.157. The van der Waals surface area contributed by atoms with Gasteiger partial charge in [-0.1, -0.05) is 27.2 Å². The molecule has 19 heavy (non-hydrogen) atoms. The van der Waals surface area contributed by atoms with E-state index in [2.05, 4.69) is 10.2 Å². The van der Waals surface area contributed by atoms with E-state index in [1.807, 2.05) is 20.8 Å². The third-order valence-corrected chi connectivity index (χ3v) is 3.76. The first-order valence-electron chi connectivity index (χ1n) is 6.60. The molecule has 1 aromatic heterocycles. The first kappa shape index (κ1) is 13.8. The van der Waals surface area contributed by atoms with Crippen molar-refractivity contribution in [2.75, 3.05) is 7.11 Å². The van der Waals surface area contributed by atoms with Gasteiger partial charge in [0.25, 0.3) is 0 Å². The fourth-order valence-corrected chi connectivity index (χ4v) is 2.86. The van der Waals surface area contributed by atoms with E-state index in [1.54, 1.807) is 0 Å². The number of carbonyl (C=O) groups is 2. The van der Waals surface area contributed by atoms with Crippen LogP contribution in [0.4, 0.5) is 0 Å².